The van der Waals surface area contributed by atoms with Gasteiger partial charge in [0.1, 0.15) is 5.01 Å². The summed E-state index contributed by atoms with van der Waals surface area (Å²) in [6, 6.07) is 0. The number of carboxylic acid groups (broad SMARTS) is 1. The van der Waals surface area contributed by atoms with Gasteiger partial charge in [0.15, 0.2) is 0 Å². The van der Waals surface area contributed by atoms with Crippen LogP contribution in [0.1, 0.15) is 17.8 Å². The molecule has 0 radical (unpaired) electrons. The molecule has 0 aliphatic carbocycles. The van der Waals surface area contributed by atoms with Gasteiger partial charge in [0, 0.05) is 50.8 Å². The Hall–Kier alpha value is -1.02. The van der Waals surface area contributed by atoms with Crippen LogP contribution in [0, 0.1) is 11.3 Å². The van der Waals surface area contributed by atoms with Gasteiger partial charge in [-0.2, -0.15) is 0 Å². The average molecular weight is 339 g/mol. The molecule has 2 saturated heterocycles. The molecule has 0 amide bonds. The molecule has 2 aliphatic heterocycles. The second kappa shape index (κ2) is 7.25. The highest BCUT2D eigenvalue weighted by molar-refractivity contribution is 7.09. The van der Waals surface area contributed by atoms with E-state index >= 15 is 0 Å². The van der Waals surface area contributed by atoms with E-state index in [1.807, 2.05) is 11.6 Å². The Labute approximate surface area is 141 Å². The highest BCUT2D eigenvalue weighted by atomic mass is 32.1. The molecule has 2 fully saturated rings. The first-order valence-electron chi connectivity index (χ1n) is 8.19. The zero-order valence-corrected chi connectivity index (χ0v) is 14.4. The molecule has 23 heavy (non-hydrogen) atoms. The summed E-state index contributed by atoms with van der Waals surface area (Å²) in [5.74, 6) is -0.446. The fourth-order valence-electron chi connectivity index (χ4n) is 4.02. The maximum atomic E-state index is 12.1. The Morgan fingerprint density at radius 2 is 2.35 bits per heavy atom. The van der Waals surface area contributed by atoms with Crippen molar-refractivity contribution in [3.63, 3.8) is 0 Å². The normalized spacial score (nSPS) is 29.3. The van der Waals surface area contributed by atoms with Crippen LogP contribution in [-0.4, -0.2) is 72.3 Å². The van der Waals surface area contributed by atoms with E-state index in [4.69, 9.17) is 4.74 Å². The van der Waals surface area contributed by atoms with Crippen LogP contribution in [0.3, 0.4) is 0 Å². The lowest BCUT2D eigenvalue weighted by Crippen LogP contribution is -2.41. The third-order valence-electron chi connectivity index (χ3n) is 5.22. The van der Waals surface area contributed by atoms with Gasteiger partial charge in [0.05, 0.1) is 18.6 Å². The lowest BCUT2D eigenvalue weighted by atomic mass is 9.75. The Kier molecular flexibility index (Phi) is 5.31. The van der Waals surface area contributed by atoms with Crippen molar-refractivity contribution < 1.29 is 14.6 Å². The molecule has 2 atom stereocenters. The Morgan fingerprint density at radius 1 is 1.52 bits per heavy atom. The number of hydrogen-bond acceptors (Lipinski definition) is 6. The van der Waals surface area contributed by atoms with Gasteiger partial charge in [0.25, 0.3) is 0 Å². The van der Waals surface area contributed by atoms with Crippen LogP contribution in [0.15, 0.2) is 11.6 Å². The summed E-state index contributed by atoms with van der Waals surface area (Å²) in [6.45, 7) is 5.62. The van der Waals surface area contributed by atoms with Gasteiger partial charge < -0.3 is 9.84 Å². The maximum Gasteiger partial charge on any atom is 0.311 e. The summed E-state index contributed by atoms with van der Waals surface area (Å²) < 4.78 is 5.16. The molecule has 0 unspecified atom stereocenters. The van der Waals surface area contributed by atoms with Crippen molar-refractivity contribution >= 4 is 17.3 Å². The van der Waals surface area contributed by atoms with E-state index in [1.54, 1.807) is 18.4 Å². The molecule has 6 nitrogen and oxygen atoms in total. The van der Waals surface area contributed by atoms with Crippen molar-refractivity contribution in [3.8, 4) is 0 Å². The Morgan fingerprint density at radius 3 is 3.04 bits per heavy atom. The van der Waals surface area contributed by atoms with Gasteiger partial charge in [-0.1, -0.05) is 0 Å². The van der Waals surface area contributed by atoms with Crippen molar-refractivity contribution in [3.05, 3.63) is 16.6 Å². The summed E-state index contributed by atoms with van der Waals surface area (Å²) in [7, 11) is 1.69. The van der Waals surface area contributed by atoms with Gasteiger partial charge in [0.2, 0.25) is 0 Å². The number of likely N-dealkylation sites (tertiary alicyclic amines) is 2. The molecule has 128 valence electrons. The van der Waals surface area contributed by atoms with Crippen LogP contribution >= 0.6 is 11.3 Å². The van der Waals surface area contributed by atoms with E-state index in [9.17, 15) is 9.90 Å². The van der Waals surface area contributed by atoms with Crippen LogP contribution in [0.2, 0.25) is 0 Å². The van der Waals surface area contributed by atoms with E-state index in [2.05, 4.69) is 14.8 Å². The molecule has 0 spiro atoms. The van der Waals surface area contributed by atoms with Crippen molar-refractivity contribution in [1.29, 1.82) is 0 Å². The van der Waals surface area contributed by atoms with Crippen LogP contribution in [0.4, 0.5) is 0 Å². The molecule has 0 saturated carbocycles. The van der Waals surface area contributed by atoms with E-state index in [-0.39, 0.29) is 5.92 Å². The zero-order valence-electron chi connectivity index (χ0n) is 13.6. The van der Waals surface area contributed by atoms with Crippen LogP contribution in [0.25, 0.3) is 0 Å². The fourth-order valence-corrected chi connectivity index (χ4v) is 4.68. The van der Waals surface area contributed by atoms with E-state index < -0.39 is 11.4 Å². The summed E-state index contributed by atoms with van der Waals surface area (Å²) in [4.78, 5) is 21.1. The summed E-state index contributed by atoms with van der Waals surface area (Å²) in [6.07, 6.45) is 3.54. The molecule has 0 aromatic carbocycles. The number of fused-ring (bicyclic) bond motifs is 1. The number of thiazole rings is 1. The number of rotatable bonds is 6. The quantitative estimate of drug-likeness (QED) is 0.845. The van der Waals surface area contributed by atoms with Crippen LogP contribution < -0.4 is 0 Å². The van der Waals surface area contributed by atoms with Crippen LogP contribution in [0.5, 0.6) is 0 Å². The predicted octanol–water partition coefficient (Wildman–Crippen LogP) is 1.39. The molecule has 0 bridgehead atoms. The summed E-state index contributed by atoms with van der Waals surface area (Å²) in [5, 5.41) is 13.0. The fraction of sp³-hybridized carbons (Fsp3) is 0.750. The number of hydrogen-bond donors (Lipinski definition) is 1. The third kappa shape index (κ3) is 3.57. The monoisotopic (exact) mass is 339 g/mol. The van der Waals surface area contributed by atoms with Gasteiger partial charge in [-0.15, -0.1) is 11.3 Å². The number of carboxylic acids is 1. The largest absolute Gasteiger partial charge is 0.481 e. The minimum Gasteiger partial charge on any atom is -0.481 e. The number of nitrogens with zero attached hydrogens (tertiary/aromatic N) is 3. The lowest BCUT2D eigenvalue weighted by Gasteiger charge is -2.29. The van der Waals surface area contributed by atoms with Gasteiger partial charge in [-0.05, 0) is 19.4 Å². The number of methoxy groups -OCH3 is 1. The summed E-state index contributed by atoms with van der Waals surface area (Å²) in [5.41, 5.74) is -0.592. The minimum absolute atomic E-state index is 0.180. The molecule has 2 aliphatic rings. The summed E-state index contributed by atoms with van der Waals surface area (Å²) >= 11 is 1.67. The highest BCUT2D eigenvalue weighted by Crippen LogP contribution is 2.43. The number of carbonyl (C=O) groups is 1. The first-order valence-corrected chi connectivity index (χ1v) is 9.07. The molecule has 1 aromatic heterocycles. The third-order valence-corrected chi connectivity index (χ3v) is 5.99. The SMILES string of the molecule is COCCN1C[C@@H]2CN(Cc3nccs3)CCC[C@]2(C(=O)O)C1. The molecule has 7 heteroatoms. The van der Waals surface area contributed by atoms with E-state index in [0.717, 1.165) is 50.6 Å². The lowest BCUT2D eigenvalue weighted by molar-refractivity contribution is -0.151. The van der Waals surface area contributed by atoms with E-state index in [0.29, 0.717) is 13.2 Å². The maximum absolute atomic E-state index is 12.1. The first-order chi connectivity index (χ1) is 11.1. The smallest absolute Gasteiger partial charge is 0.311 e. The average Bonchev–Trinajstić information content (AvgIpc) is 3.11. The van der Waals surface area contributed by atoms with Gasteiger partial charge in [-0.25, -0.2) is 4.98 Å². The van der Waals surface area contributed by atoms with Crippen molar-refractivity contribution in [2.24, 2.45) is 11.3 Å². The predicted molar refractivity (Wildman–Crippen MR) is 88.5 cm³/mol. The minimum atomic E-state index is -0.626. The standard InChI is InChI=1S/C16H25N3O3S/c1-22-7-6-19-10-13-9-18(11-14-17-4-8-23-14)5-2-3-16(13,12-19)15(20)21/h4,8,13H,2-3,5-7,9-12H2,1H3,(H,20,21)/t13-,16-/m0/s1. The molecular formula is C16H25N3O3S. The second-order valence-electron chi connectivity index (χ2n) is 6.65. The Balaban J connectivity index is 1.71. The molecule has 3 rings (SSSR count). The topological polar surface area (TPSA) is 65.9 Å². The number of ether oxygens (including phenoxy) is 1. The van der Waals surface area contributed by atoms with Crippen molar-refractivity contribution in [2.45, 2.75) is 19.4 Å². The van der Waals surface area contributed by atoms with Crippen molar-refractivity contribution in [1.82, 2.24) is 14.8 Å². The molecular weight excluding hydrogens is 314 g/mol. The second-order valence-corrected chi connectivity index (χ2v) is 7.63. The van der Waals surface area contributed by atoms with E-state index in [1.165, 1.54) is 0 Å². The molecule has 3 heterocycles. The van der Waals surface area contributed by atoms with Crippen LogP contribution in [-0.2, 0) is 16.1 Å². The zero-order chi connectivity index (χ0) is 16.3. The molecule has 1 N–H and O–H groups in total. The number of aromatic nitrogens is 1. The Bertz CT molecular complexity index is 525. The highest BCUT2D eigenvalue weighted by Gasteiger charge is 2.53. The van der Waals surface area contributed by atoms with Gasteiger partial charge in [-0.3, -0.25) is 14.6 Å². The molecule has 1 aromatic rings. The van der Waals surface area contributed by atoms with Gasteiger partial charge >= 0.3 is 5.97 Å². The number of aliphatic carboxylic acids is 1. The first kappa shape index (κ1) is 16.8. The van der Waals surface area contributed by atoms with Crippen molar-refractivity contribution in [2.75, 3.05) is 46.4 Å².